The van der Waals surface area contributed by atoms with Gasteiger partial charge in [0.2, 0.25) is 11.8 Å². The minimum Gasteiger partial charge on any atom is -0.350 e. The van der Waals surface area contributed by atoms with E-state index in [9.17, 15) is 9.59 Å². The van der Waals surface area contributed by atoms with Gasteiger partial charge in [0.25, 0.3) is 0 Å². The predicted molar refractivity (Wildman–Crippen MR) is 101 cm³/mol. The molecular weight excluding hydrogens is 348 g/mol. The Kier molecular flexibility index (Phi) is 4.68. The van der Waals surface area contributed by atoms with Gasteiger partial charge < -0.3 is 10.2 Å². The number of hydrogen-bond acceptors (Lipinski definition) is 2. The van der Waals surface area contributed by atoms with E-state index < -0.39 is 6.04 Å². The van der Waals surface area contributed by atoms with Crippen LogP contribution in [0, 0.1) is 5.92 Å². The second kappa shape index (κ2) is 7.12. The van der Waals surface area contributed by atoms with Crippen LogP contribution < -0.4 is 5.32 Å². The van der Waals surface area contributed by atoms with Gasteiger partial charge in [-0.15, -0.1) is 0 Å². The molecule has 0 radical (unpaired) electrons. The molecule has 0 aromatic heterocycles. The summed E-state index contributed by atoms with van der Waals surface area (Å²) >= 11 is 6.19. The summed E-state index contributed by atoms with van der Waals surface area (Å²) in [5.41, 5.74) is 2.95. The van der Waals surface area contributed by atoms with Crippen molar-refractivity contribution >= 4 is 23.4 Å². The minimum absolute atomic E-state index is 0.0964. The van der Waals surface area contributed by atoms with Gasteiger partial charge in [-0.2, -0.15) is 0 Å². The highest BCUT2D eigenvalue weighted by Gasteiger charge is 2.41. The van der Waals surface area contributed by atoms with E-state index in [2.05, 4.69) is 5.32 Å². The highest BCUT2D eigenvalue weighted by Crippen LogP contribution is 2.37. The first-order valence-electron chi connectivity index (χ1n) is 9.04. The van der Waals surface area contributed by atoms with Crippen molar-refractivity contribution in [2.75, 3.05) is 6.54 Å². The molecule has 2 amide bonds. The van der Waals surface area contributed by atoms with Gasteiger partial charge >= 0.3 is 0 Å². The first-order valence-corrected chi connectivity index (χ1v) is 9.42. The van der Waals surface area contributed by atoms with Crippen LogP contribution in [0.15, 0.2) is 48.5 Å². The molecule has 1 N–H and O–H groups in total. The second-order valence-corrected chi connectivity index (χ2v) is 7.37. The van der Waals surface area contributed by atoms with E-state index in [1.165, 1.54) is 0 Å². The van der Waals surface area contributed by atoms with Crippen molar-refractivity contribution in [3.8, 4) is 0 Å². The second-order valence-electron chi connectivity index (χ2n) is 6.97. The number of carbonyl (C=O) groups is 2. The van der Waals surface area contributed by atoms with E-state index in [4.69, 9.17) is 11.6 Å². The van der Waals surface area contributed by atoms with Gasteiger partial charge in [0, 0.05) is 24.0 Å². The fraction of sp³-hybridized carbons (Fsp3) is 0.333. The number of nitrogens with zero attached hydrogens (tertiary/aromatic N) is 1. The number of carbonyl (C=O) groups excluding carboxylic acids is 2. The van der Waals surface area contributed by atoms with E-state index >= 15 is 0 Å². The zero-order valence-electron chi connectivity index (χ0n) is 14.5. The summed E-state index contributed by atoms with van der Waals surface area (Å²) in [4.78, 5) is 27.6. The predicted octanol–water partition coefficient (Wildman–Crippen LogP) is 3.49. The van der Waals surface area contributed by atoms with E-state index in [1.54, 1.807) is 4.90 Å². The molecule has 2 aromatic rings. The smallest absolute Gasteiger partial charge is 0.247 e. The molecule has 0 bridgehead atoms. The van der Waals surface area contributed by atoms with E-state index in [0.29, 0.717) is 18.1 Å². The van der Waals surface area contributed by atoms with Gasteiger partial charge in [0.05, 0.1) is 0 Å². The number of halogens is 1. The number of amides is 2. The standard InChI is InChI=1S/C21H21ClN2O2/c22-18-8-4-2-6-16(18)13-23-20(25)19-17-7-3-1-5-14(17)11-12-24(19)21(26)15-9-10-15/h1-8,15,19H,9-13H2,(H,23,25). The van der Waals surface area contributed by atoms with Crippen LogP contribution in [0.2, 0.25) is 5.02 Å². The number of fused-ring (bicyclic) bond motifs is 1. The largest absolute Gasteiger partial charge is 0.350 e. The topological polar surface area (TPSA) is 49.4 Å². The third-order valence-electron chi connectivity index (χ3n) is 5.15. The van der Waals surface area contributed by atoms with Gasteiger partial charge in [0.1, 0.15) is 6.04 Å². The van der Waals surface area contributed by atoms with E-state index in [1.807, 2.05) is 48.5 Å². The van der Waals surface area contributed by atoms with E-state index in [-0.39, 0.29) is 17.7 Å². The maximum Gasteiger partial charge on any atom is 0.247 e. The molecule has 2 aliphatic rings. The molecule has 5 heteroatoms. The van der Waals surface area contributed by atoms with Crippen molar-refractivity contribution in [1.29, 1.82) is 0 Å². The average Bonchev–Trinajstić information content (AvgIpc) is 3.51. The van der Waals surface area contributed by atoms with Crippen molar-refractivity contribution in [2.24, 2.45) is 5.92 Å². The number of hydrogen-bond donors (Lipinski definition) is 1. The Bertz CT molecular complexity index is 847. The molecule has 4 rings (SSSR count). The molecule has 1 heterocycles. The van der Waals surface area contributed by atoms with Crippen LogP contribution in [0.25, 0.3) is 0 Å². The Morgan fingerprint density at radius 2 is 1.81 bits per heavy atom. The summed E-state index contributed by atoms with van der Waals surface area (Å²) in [6.07, 6.45) is 2.67. The van der Waals surface area contributed by atoms with Crippen molar-refractivity contribution in [3.05, 3.63) is 70.2 Å². The molecule has 0 saturated heterocycles. The lowest BCUT2D eigenvalue weighted by Crippen LogP contribution is -2.47. The van der Waals surface area contributed by atoms with Crippen LogP contribution in [-0.4, -0.2) is 23.3 Å². The highest BCUT2D eigenvalue weighted by molar-refractivity contribution is 6.31. The van der Waals surface area contributed by atoms with Crippen LogP contribution in [0.1, 0.15) is 35.6 Å². The average molecular weight is 369 g/mol. The number of nitrogens with one attached hydrogen (secondary N) is 1. The van der Waals surface area contributed by atoms with Gasteiger partial charge in [-0.3, -0.25) is 9.59 Å². The summed E-state index contributed by atoms with van der Waals surface area (Å²) in [6, 6.07) is 14.8. The van der Waals surface area contributed by atoms with Gasteiger partial charge in [-0.05, 0) is 42.0 Å². The summed E-state index contributed by atoms with van der Waals surface area (Å²) in [5.74, 6) is 0.0580. The zero-order chi connectivity index (χ0) is 18.1. The normalized spacial score (nSPS) is 19.0. The van der Waals surface area contributed by atoms with E-state index in [0.717, 1.165) is 36.0 Å². The fourth-order valence-corrected chi connectivity index (χ4v) is 3.77. The van der Waals surface area contributed by atoms with Crippen molar-refractivity contribution in [3.63, 3.8) is 0 Å². The summed E-state index contributed by atoms with van der Waals surface area (Å²) in [5, 5.41) is 3.60. The Labute approximate surface area is 158 Å². The molecule has 134 valence electrons. The molecule has 26 heavy (non-hydrogen) atoms. The molecule has 2 aromatic carbocycles. The number of benzene rings is 2. The molecule has 1 unspecified atom stereocenters. The molecule has 1 aliphatic heterocycles. The monoisotopic (exact) mass is 368 g/mol. The molecule has 1 saturated carbocycles. The third-order valence-corrected chi connectivity index (χ3v) is 5.52. The van der Waals surface area contributed by atoms with Gasteiger partial charge in [-0.25, -0.2) is 0 Å². The third kappa shape index (κ3) is 3.34. The number of rotatable bonds is 4. The lowest BCUT2D eigenvalue weighted by Gasteiger charge is -2.36. The van der Waals surface area contributed by atoms with Crippen molar-refractivity contribution < 1.29 is 9.59 Å². The maximum absolute atomic E-state index is 13.1. The SMILES string of the molecule is O=C(NCc1ccccc1Cl)C1c2ccccc2CCN1C(=O)C1CC1. The zero-order valence-corrected chi connectivity index (χ0v) is 15.2. The van der Waals surface area contributed by atoms with Crippen molar-refractivity contribution in [2.45, 2.75) is 31.8 Å². The molecule has 1 aliphatic carbocycles. The van der Waals surface area contributed by atoms with Crippen LogP contribution in [0.4, 0.5) is 0 Å². The summed E-state index contributed by atoms with van der Waals surface area (Å²) in [6.45, 7) is 0.944. The Morgan fingerprint density at radius 1 is 1.08 bits per heavy atom. The molecular formula is C21H21ClN2O2. The summed E-state index contributed by atoms with van der Waals surface area (Å²) in [7, 11) is 0. The summed E-state index contributed by atoms with van der Waals surface area (Å²) < 4.78 is 0. The fourth-order valence-electron chi connectivity index (χ4n) is 3.57. The lowest BCUT2D eigenvalue weighted by atomic mass is 9.91. The van der Waals surface area contributed by atoms with Crippen LogP contribution in [0.5, 0.6) is 0 Å². The first kappa shape index (κ1) is 17.1. The van der Waals surface area contributed by atoms with Gasteiger partial charge in [-0.1, -0.05) is 54.1 Å². The molecule has 1 atom stereocenters. The molecule has 1 fully saturated rings. The molecule has 0 spiro atoms. The Morgan fingerprint density at radius 3 is 2.58 bits per heavy atom. The first-order chi connectivity index (χ1) is 12.6. The van der Waals surface area contributed by atoms with Crippen molar-refractivity contribution in [1.82, 2.24) is 10.2 Å². The Hall–Kier alpha value is -2.33. The molecule has 4 nitrogen and oxygen atoms in total. The van der Waals surface area contributed by atoms with Crippen LogP contribution in [0.3, 0.4) is 0 Å². The van der Waals surface area contributed by atoms with Gasteiger partial charge in [0.15, 0.2) is 0 Å². The van der Waals surface area contributed by atoms with Crippen LogP contribution >= 0.6 is 11.6 Å². The minimum atomic E-state index is -0.560. The Balaban J connectivity index is 1.58. The lowest BCUT2D eigenvalue weighted by molar-refractivity contribution is -0.142. The maximum atomic E-state index is 13.1. The highest BCUT2D eigenvalue weighted by atomic mass is 35.5. The quantitative estimate of drug-likeness (QED) is 0.898. The van der Waals surface area contributed by atoms with Crippen LogP contribution in [-0.2, 0) is 22.6 Å².